The van der Waals surface area contributed by atoms with Crippen LogP contribution in [-0.2, 0) is 4.57 Å². The molecule has 4 heteroatoms. The average Bonchev–Trinajstić information content (AvgIpc) is 2.56. The monoisotopic (exact) mass is 308 g/mol. The van der Waals surface area contributed by atoms with Crippen molar-refractivity contribution < 1.29 is 13.6 Å². The molecule has 1 unspecified atom stereocenters. The fourth-order valence-electron chi connectivity index (χ4n) is 2.58. The Morgan fingerprint density at radius 2 is 1.36 bits per heavy atom. The quantitative estimate of drug-likeness (QED) is 0.647. The van der Waals surface area contributed by atoms with E-state index in [-0.39, 0.29) is 0 Å². The summed E-state index contributed by atoms with van der Waals surface area (Å²) in [7, 11) is -3.46. The number of fused-ring (bicyclic) bond motifs is 3. The van der Waals surface area contributed by atoms with Gasteiger partial charge < -0.3 is 9.05 Å². The van der Waals surface area contributed by atoms with Gasteiger partial charge in [0, 0.05) is 11.1 Å². The molecule has 3 nitrogen and oxygen atoms in total. The second kappa shape index (κ2) is 5.04. The van der Waals surface area contributed by atoms with Crippen LogP contribution in [0.25, 0.3) is 11.1 Å². The minimum Gasteiger partial charge on any atom is -0.413 e. The molecule has 0 fully saturated rings. The molecule has 0 bridgehead atoms. The van der Waals surface area contributed by atoms with Crippen LogP contribution in [0.2, 0.25) is 0 Å². The van der Waals surface area contributed by atoms with Gasteiger partial charge in [-0.15, -0.1) is 0 Å². The lowest BCUT2D eigenvalue weighted by atomic mass is 10.0. The second-order valence-electron chi connectivity index (χ2n) is 5.01. The molecule has 108 valence electrons. The predicted molar refractivity (Wildman–Crippen MR) is 86.8 cm³/mol. The van der Waals surface area contributed by atoms with Gasteiger partial charge in [0.1, 0.15) is 11.5 Å². The van der Waals surface area contributed by atoms with Crippen molar-refractivity contribution >= 4 is 12.9 Å². The Labute approximate surface area is 128 Å². The molecule has 3 aromatic rings. The molecule has 1 aliphatic heterocycles. The molecule has 4 rings (SSSR count). The van der Waals surface area contributed by atoms with Crippen molar-refractivity contribution in [3.8, 4) is 22.6 Å². The summed E-state index contributed by atoms with van der Waals surface area (Å²) in [5, 5.41) is 0.595. The highest BCUT2D eigenvalue weighted by Gasteiger charge is 2.38. The highest BCUT2D eigenvalue weighted by Crippen LogP contribution is 2.54. The van der Waals surface area contributed by atoms with Crippen LogP contribution >= 0.6 is 7.60 Å². The molecule has 0 spiro atoms. The van der Waals surface area contributed by atoms with Gasteiger partial charge in [-0.2, -0.15) is 0 Å². The van der Waals surface area contributed by atoms with Crippen LogP contribution in [0.3, 0.4) is 0 Å². The SMILES string of the molecule is O=P1(Oc2ccccc2)Oc2ccccc2-c2ccccc21. The highest BCUT2D eigenvalue weighted by atomic mass is 31.2. The van der Waals surface area contributed by atoms with E-state index in [1.807, 2.05) is 60.7 Å². The normalized spacial score (nSPS) is 18.7. The number of benzene rings is 3. The van der Waals surface area contributed by atoms with Crippen LogP contribution in [0.5, 0.6) is 11.5 Å². The third-order valence-corrected chi connectivity index (χ3v) is 5.43. The molecule has 0 N–H and O–H groups in total. The third kappa shape index (κ3) is 2.11. The standard InChI is InChI=1S/C18H13O3P/c19-22(20-14-8-2-1-3-9-14)18-13-7-5-11-16(18)15-10-4-6-12-17(15)21-22/h1-13H. The lowest BCUT2D eigenvalue weighted by Crippen LogP contribution is -2.20. The Morgan fingerprint density at radius 3 is 2.18 bits per heavy atom. The van der Waals surface area contributed by atoms with Gasteiger partial charge in [0.2, 0.25) is 0 Å². The van der Waals surface area contributed by atoms with E-state index < -0.39 is 7.60 Å². The molecule has 0 aliphatic carbocycles. The van der Waals surface area contributed by atoms with Crippen LogP contribution < -0.4 is 14.4 Å². The number of hydrogen-bond donors (Lipinski definition) is 0. The van der Waals surface area contributed by atoms with Crippen molar-refractivity contribution in [3.63, 3.8) is 0 Å². The van der Waals surface area contributed by atoms with Crippen molar-refractivity contribution in [2.75, 3.05) is 0 Å². The lowest BCUT2D eigenvalue weighted by molar-refractivity contribution is 0.398. The van der Waals surface area contributed by atoms with Crippen molar-refractivity contribution in [1.82, 2.24) is 0 Å². The smallest absolute Gasteiger partial charge is 0.413 e. The molecular formula is C18H13O3P. The van der Waals surface area contributed by atoms with Gasteiger partial charge in [-0.05, 0) is 24.3 Å². The topological polar surface area (TPSA) is 35.5 Å². The van der Waals surface area contributed by atoms with Crippen molar-refractivity contribution in [1.29, 1.82) is 0 Å². The maximum absolute atomic E-state index is 13.3. The minimum atomic E-state index is -3.46. The first-order valence-corrected chi connectivity index (χ1v) is 8.54. The van der Waals surface area contributed by atoms with Gasteiger partial charge in [-0.3, -0.25) is 0 Å². The number of para-hydroxylation sites is 2. The maximum atomic E-state index is 13.3. The first-order chi connectivity index (χ1) is 10.8. The van der Waals surface area contributed by atoms with E-state index in [2.05, 4.69) is 0 Å². The molecular weight excluding hydrogens is 295 g/mol. The third-order valence-electron chi connectivity index (χ3n) is 3.56. The molecule has 0 amide bonds. The van der Waals surface area contributed by atoms with E-state index in [1.165, 1.54) is 0 Å². The summed E-state index contributed by atoms with van der Waals surface area (Å²) in [5.74, 6) is 1.11. The maximum Gasteiger partial charge on any atom is 0.463 e. The average molecular weight is 308 g/mol. The zero-order chi connectivity index (χ0) is 15.0. The van der Waals surface area contributed by atoms with Crippen LogP contribution in [0.15, 0.2) is 78.9 Å². The molecule has 22 heavy (non-hydrogen) atoms. The summed E-state index contributed by atoms with van der Waals surface area (Å²) in [6.45, 7) is 0. The van der Waals surface area contributed by atoms with Crippen LogP contribution in [0.4, 0.5) is 0 Å². The second-order valence-corrected chi connectivity index (χ2v) is 6.85. The molecule has 3 aromatic carbocycles. The first kappa shape index (κ1) is 13.2. The van der Waals surface area contributed by atoms with Gasteiger partial charge in [-0.1, -0.05) is 54.6 Å². The van der Waals surface area contributed by atoms with Crippen molar-refractivity contribution in [2.24, 2.45) is 0 Å². The van der Waals surface area contributed by atoms with Crippen LogP contribution in [0.1, 0.15) is 0 Å². The Kier molecular flexibility index (Phi) is 3.02. The fourth-order valence-corrected chi connectivity index (χ4v) is 4.39. The molecule has 0 radical (unpaired) electrons. The highest BCUT2D eigenvalue weighted by molar-refractivity contribution is 7.63. The largest absolute Gasteiger partial charge is 0.463 e. The Bertz CT molecular complexity index is 868. The van der Waals surface area contributed by atoms with Crippen LogP contribution in [-0.4, -0.2) is 0 Å². The van der Waals surface area contributed by atoms with E-state index in [0.29, 0.717) is 16.8 Å². The van der Waals surface area contributed by atoms with Crippen LogP contribution in [0, 0.1) is 0 Å². The van der Waals surface area contributed by atoms with Gasteiger partial charge in [-0.25, -0.2) is 4.57 Å². The van der Waals surface area contributed by atoms with Gasteiger partial charge >= 0.3 is 7.60 Å². The zero-order valence-corrected chi connectivity index (χ0v) is 12.6. The summed E-state index contributed by atoms with van der Waals surface area (Å²) in [5.41, 5.74) is 1.82. The van der Waals surface area contributed by atoms with E-state index >= 15 is 0 Å². The van der Waals surface area contributed by atoms with Gasteiger partial charge in [0.25, 0.3) is 0 Å². The Morgan fingerprint density at radius 1 is 0.727 bits per heavy atom. The summed E-state index contributed by atoms with van der Waals surface area (Å²) in [6.07, 6.45) is 0. The van der Waals surface area contributed by atoms with E-state index in [9.17, 15) is 4.57 Å². The fraction of sp³-hybridized carbons (Fsp3) is 0. The first-order valence-electron chi connectivity index (χ1n) is 6.99. The molecule has 0 saturated carbocycles. The van der Waals surface area contributed by atoms with E-state index in [4.69, 9.17) is 9.05 Å². The summed E-state index contributed by atoms with van der Waals surface area (Å²) in [4.78, 5) is 0. The minimum absolute atomic E-state index is 0.528. The van der Waals surface area contributed by atoms with Crippen molar-refractivity contribution in [3.05, 3.63) is 78.9 Å². The Balaban J connectivity index is 1.87. The molecule has 1 atom stereocenters. The summed E-state index contributed by atoms with van der Waals surface area (Å²) in [6, 6.07) is 24.2. The van der Waals surface area contributed by atoms with E-state index in [1.54, 1.807) is 18.2 Å². The van der Waals surface area contributed by atoms with Crippen molar-refractivity contribution in [2.45, 2.75) is 0 Å². The zero-order valence-electron chi connectivity index (χ0n) is 11.7. The molecule has 0 saturated heterocycles. The Hall–Kier alpha value is -2.51. The lowest BCUT2D eigenvalue weighted by Gasteiger charge is -2.27. The van der Waals surface area contributed by atoms with Gasteiger partial charge in [0.15, 0.2) is 0 Å². The summed E-state index contributed by atoms with van der Waals surface area (Å²) < 4.78 is 24.9. The number of hydrogen-bond acceptors (Lipinski definition) is 3. The van der Waals surface area contributed by atoms with E-state index in [0.717, 1.165) is 11.1 Å². The predicted octanol–water partition coefficient (Wildman–Crippen LogP) is 4.64. The number of rotatable bonds is 2. The summed E-state index contributed by atoms with van der Waals surface area (Å²) >= 11 is 0. The molecule has 0 aromatic heterocycles. The molecule has 1 heterocycles. The molecule has 1 aliphatic rings. The van der Waals surface area contributed by atoms with Gasteiger partial charge in [0.05, 0.1) is 5.30 Å².